The molecule has 1 N–H and O–H groups in total. The molecule has 2 aromatic carbocycles. The first-order valence-corrected chi connectivity index (χ1v) is 10.8. The summed E-state index contributed by atoms with van der Waals surface area (Å²) in [6, 6.07) is 15.7. The molecule has 0 spiro atoms. The number of nitrogens with one attached hydrogen (secondary N) is 1. The van der Waals surface area contributed by atoms with Crippen molar-refractivity contribution in [2.45, 2.75) is 17.7 Å². The molecule has 0 aliphatic heterocycles. The Balaban J connectivity index is 1.70. The van der Waals surface area contributed by atoms with Crippen molar-refractivity contribution in [2.24, 2.45) is 7.05 Å². The Morgan fingerprint density at radius 1 is 1.07 bits per heavy atom. The molecule has 2 heterocycles. The van der Waals surface area contributed by atoms with Crippen LogP contribution in [0.1, 0.15) is 17.0 Å². The van der Waals surface area contributed by atoms with Crippen molar-refractivity contribution in [3.8, 4) is 6.07 Å². The van der Waals surface area contributed by atoms with E-state index in [-0.39, 0.29) is 4.90 Å². The Hall–Kier alpha value is -3.70. The molecule has 0 amide bonds. The number of nitrogens with zero attached hydrogens (tertiary/aromatic N) is 4. The number of fused-ring (bicyclic) bond motifs is 1. The van der Waals surface area contributed by atoms with Gasteiger partial charge in [0.05, 0.1) is 22.8 Å². The highest BCUT2D eigenvalue weighted by molar-refractivity contribution is 7.93. The van der Waals surface area contributed by atoms with Crippen LogP contribution in [0.4, 0.5) is 5.69 Å². The predicted molar refractivity (Wildman–Crippen MR) is 114 cm³/mol. The van der Waals surface area contributed by atoms with Crippen molar-refractivity contribution in [3.63, 3.8) is 0 Å². The minimum absolute atomic E-state index is 0.0954. The molecular formula is C22H19N5O2S. The fraction of sp³-hybridized carbons (Fsp3) is 0.136. The maximum Gasteiger partial charge on any atom is 0.264 e. The van der Waals surface area contributed by atoms with Gasteiger partial charge in [0.25, 0.3) is 10.0 Å². The molecule has 150 valence electrons. The van der Waals surface area contributed by atoms with Crippen LogP contribution in [0.25, 0.3) is 10.9 Å². The first-order valence-electron chi connectivity index (χ1n) is 9.34. The molecule has 0 fully saturated rings. The van der Waals surface area contributed by atoms with E-state index in [1.807, 2.05) is 29.9 Å². The van der Waals surface area contributed by atoms with Crippen molar-refractivity contribution in [2.75, 3.05) is 4.72 Å². The average Bonchev–Trinajstić information content (AvgIpc) is 3.16. The molecule has 8 heteroatoms. The summed E-state index contributed by atoms with van der Waals surface area (Å²) >= 11 is 0. The Morgan fingerprint density at radius 3 is 2.67 bits per heavy atom. The number of hydrogen-bond acceptors (Lipinski definition) is 5. The topological polar surface area (TPSA) is 101 Å². The van der Waals surface area contributed by atoms with Gasteiger partial charge in [-0.3, -0.25) is 9.71 Å². The van der Waals surface area contributed by atoms with E-state index in [1.54, 1.807) is 42.7 Å². The molecule has 0 saturated heterocycles. The summed E-state index contributed by atoms with van der Waals surface area (Å²) in [6.45, 7) is 0. The van der Waals surface area contributed by atoms with Gasteiger partial charge in [-0.2, -0.15) is 5.26 Å². The molecule has 0 atom stereocenters. The van der Waals surface area contributed by atoms with Gasteiger partial charge in [0, 0.05) is 37.4 Å². The molecule has 0 bridgehead atoms. The van der Waals surface area contributed by atoms with Crippen LogP contribution < -0.4 is 4.72 Å². The minimum atomic E-state index is -3.91. The Morgan fingerprint density at radius 2 is 1.90 bits per heavy atom. The van der Waals surface area contributed by atoms with E-state index in [4.69, 9.17) is 0 Å². The second kappa shape index (κ2) is 7.97. The quantitative estimate of drug-likeness (QED) is 0.518. The van der Waals surface area contributed by atoms with Crippen LogP contribution in [0.15, 0.2) is 72.0 Å². The summed E-state index contributed by atoms with van der Waals surface area (Å²) in [7, 11) is -2.00. The summed E-state index contributed by atoms with van der Waals surface area (Å²) in [5.74, 6) is 0.895. The largest absolute Gasteiger partial charge is 0.338 e. The van der Waals surface area contributed by atoms with Crippen LogP contribution in [0.5, 0.6) is 0 Å². The molecule has 0 aliphatic rings. The monoisotopic (exact) mass is 417 g/mol. The summed E-state index contributed by atoms with van der Waals surface area (Å²) in [6.07, 6.45) is 6.37. The lowest BCUT2D eigenvalue weighted by molar-refractivity contribution is 0.602. The van der Waals surface area contributed by atoms with Crippen molar-refractivity contribution >= 4 is 26.6 Å². The van der Waals surface area contributed by atoms with E-state index in [1.165, 1.54) is 6.07 Å². The number of anilines is 1. The van der Waals surface area contributed by atoms with Crippen LogP contribution in [0.2, 0.25) is 0 Å². The van der Waals surface area contributed by atoms with Gasteiger partial charge in [0.2, 0.25) is 0 Å². The Bertz CT molecular complexity index is 1360. The van der Waals surface area contributed by atoms with Crippen LogP contribution in [-0.4, -0.2) is 23.0 Å². The van der Waals surface area contributed by atoms with E-state index in [0.717, 1.165) is 16.8 Å². The number of hydrogen-bond donors (Lipinski definition) is 1. The fourth-order valence-electron chi connectivity index (χ4n) is 3.34. The second-order valence-corrected chi connectivity index (χ2v) is 8.53. The highest BCUT2D eigenvalue weighted by atomic mass is 32.2. The third-order valence-corrected chi connectivity index (χ3v) is 6.30. The van der Waals surface area contributed by atoms with Gasteiger partial charge in [-0.05, 0) is 36.2 Å². The Labute approximate surface area is 174 Å². The van der Waals surface area contributed by atoms with Crippen LogP contribution in [0, 0.1) is 11.3 Å². The van der Waals surface area contributed by atoms with Gasteiger partial charge in [0.1, 0.15) is 10.7 Å². The van der Waals surface area contributed by atoms with Gasteiger partial charge in [-0.1, -0.05) is 24.3 Å². The van der Waals surface area contributed by atoms with Crippen LogP contribution in [-0.2, 0) is 29.9 Å². The number of para-hydroxylation sites is 1. The number of benzene rings is 2. The number of aromatic nitrogens is 3. The zero-order chi connectivity index (χ0) is 21.1. The molecule has 2 aromatic heterocycles. The van der Waals surface area contributed by atoms with Crippen molar-refractivity contribution < 1.29 is 8.42 Å². The highest BCUT2D eigenvalue weighted by Crippen LogP contribution is 2.26. The van der Waals surface area contributed by atoms with E-state index in [2.05, 4.69) is 20.8 Å². The minimum Gasteiger partial charge on any atom is -0.338 e. The third kappa shape index (κ3) is 3.88. The molecule has 30 heavy (non-hydrogen) atoms. The van der Waals surface area contributed by atoms with Gasteiger partial charge in [-0.15, -0.1) is 0 Å². The fourth-order valence-corrected chi connectivity index (χ4v) is 4.61. The molecule has 7 nitrogen and oxygen atoms in total. The summed E-state index contributed by atoms with van der Waals surface area (Å²) in [4.78, 5) is 8.65. The number of nitriles is 1. The number of aryl methyl sites for hydroxylation is 3. The smallest absolute Gasteiger partial charge is 0.264 e. The molecule has 0 unspecified atom stereocenters. The average molecular weight is 417 g/mol. The first kappa shape index (κ1) is 19.6. The molecule has 0 saturated carbocycles. The van der Waals surface area contributed by atoms with Gasteiger partial charge in [0.15, 0.2) is 0 Å². The van der Waals surface area contributed by atoms with E-state index < -0.39 is 10.0 Å². The molecule has 4 rings (SSSR count). The Kier molecular flexibility index (Phi) is 5.21. The standard InChI is InChI=1S/C22H19N5O2S/c1-27-13-12-24-21(27)10-9-17-8-7-16(15-23)14-19(17)26-30(28,29)20-6-2-4-18-5-3-11-25-22(18)20/h2-8,11-14,26H,9-10H2,1H3. The van der Waals surface area contributed by atoms with Crippen molar-refractivity contribution in [3.05, 3.63) is 84.1 Å². The SMILES string of the molecule is Cn1ccnc1CCc1ccc(C#N)cc1NS(=O)(=O)c1cccc2cccnc12. The summed E-state index contributed by atoms with van der Waals surface area (Å²) in [5.41, 5.74) is 1.95. The van der Waals surface area contributed by atoms with Gasteiger partial charge >= 0.3 is 0 Å². The number of sulfonamides is 1. The zero-order valence-electron chi connectivity index (χ0n) is 16.3. The van der Waals surface area contributed by atoms with Crippen molar-refractivity contribution in [1.82, 2.24) is 14.5 Å². The van der Waals surface area contributed by atoms with E-state index in [9.17, 15) is 13.7 Å². The van der Waals surface area contributed by atoms with E-state index in [0.29, 0.717) is 29.6 Å². The number of imidazole rings is 1. The van der Waals surface area contributed by atoms with Gasteiger partial charge in [-0.25, -0.2) is 13.4 Å². The summed E-state index contributed by atoms with van der Waals surface area (Å²) < 4.78 is 31.0. The third-order valence-electron chi connectivity index (χ3n) is 4.91. The summed E-state index contributed by atoms with van der Waals surface area (Å²) in [5, 5.41) is 10.0. The maximum atomic E-state index is 13.2. The second-order valence-electron chi connectivity index (χ2n) is 6.87. The normalized spacial score (nSPS) is 11.3. The maximum absolute atomic E-state index is 13.2. The lowest BCUT2D eigenvalue weighted by Crippen LogP contribution is -2.15. The lowest BCUT2D eigenvalue weighted by atomic mass is 10.1. The molecule has 4 aromatic rings. The highest BCUT2D eigenvalue weighted by Gasteiger charge is 2.20. The predicted octanol–water partition coefficient (Wildman–Crippen LogP) is 3.43. The lowest BCUT2D eigenvalue weighted by Gasteiger charge is -2.14. The number of pyridine rings is 1. The van der Waals surface area contributed by atoms with Crippen molar-refractivity contribution in [1.29, 1.82) is 5.26 Å². The van der Waals surface area contributed by atoms with Crippen LogP contribution in [0.3, 0.4) is 0 Å². The molecular weight excluding hydrogens is 398 g/mol. The van der Waals surface area contributed by atoms with Gasteiger partial charge < -0.3 is 4.57 Å². The molecule has 0 radical (unpaired) electrons. The number of rotatable bonds is 6. The zero-order valence-corrected chi connectivity index (χ0v) is 17.1. The van der Waals surface area contributed by atoms with E-state index >= 15 is 0 Å². The van der Waals surface area contributed by atoms with Crippen LogP contribution >= 0.6 is 0 Å². The first-order chi connectivity index (χ1) is 14.5. The molecule has 0 aliphatic carbocycles.